The van der Waals surface area contributed by atoms with Crippen molar-refractivity contribution in [2.45, 2.75) is 225 Å². The molecule has 4 heteroatoms. The Labute approximate surface area is 281 Å². The molecule has 0 rings (SSSR count). The number of hydrogen-bond donors (Lipinski definition) is 3. The van der Waals surface area contributed by atoms with Gasteiger partial charge in [0.05, 0.1) is 18.8 Å². The third kappa shape index (κ3) is 34.0. The van der Waals surface area contributed by atoms with Crippen molar-refractivity contribution in [2.24, 2.45) is 0 Å². The average Bonchev–Trinajstić information content (AvgIpc) is 3.04. The second-order valence-corrected chi connectivity index (χ2v) is 13.7. The largest absolute Gasteiger partial charge is 0.394 e. The molecular formula is C41H79NO3. The van der Waals surface area contributed by atoms with E-state index in [1.54, 1.807) is 6.08 Å². The van der Waals surface area contributed by atoms with Crippen LogP contribution >= 0.6 is 0 Å². The molecule has 0 aromatic carbocycles. The number of carbonyl (C=O) groups excluding carboxylic acids is 1. The molecule has 0 saturated heterocycles. The zero-order valence-corrected chi connectivity index (χ0v) is 30.4. The first-order chi connectivity index (χ1) is 22.2. The molecule has 0 aliphatic heterocycles. The Bertz CT molecular complexity index is 647. The summed E-state index contributed by atoms with van der Waals surface area (Å²) in [6.07, 6.45) is 47.0. The highest BCUT2D eigenvalue weighted by atomic mass is 16.3. The van der Waals surface area contributed by atoms with E-state index in [1.807, 2.05) is 6.08 Å². The van der Waals surface area contributed by atoms with Crippen molar-refractivity contribution in [3.8, 4) is 0 Å². The molecule has 2 atom stereocenters. The summed E-state index contributed by atoms with van der Waals surface area (Å²) < 4.78 is 0. The molecule has 0 spiro atoms. The lowest BCUT2D eigenvalue weighted by Gasteiger charge is -2.19. The summed E-state index contributed by atoms with van der Waals surface area (Å²) in [5.41, 5.74) is 0. The molecule has 0 bridgehead atoms. The zero-order chi connectivity index (χ0) is 32.9. The second kappa shape index (κ2) is 37.3. The number of amides is 1. The molecule has 0 aromatic heterocycles. The molecule has 266 valence electrons. The zero-order valence-electron chi connectivity index (χ0n) is 30.4. The SMILES string of the molecule is CCCCCCCCCC=CCCC=CC(O)C(CO)NC(=O)CCCCCCCCCCCCCCCCCCCCCC. The van der Waals surface area contributed by atoms with E-state index < -0.39 is 12.1 Å². The summed E-state index contributed by atoms with van der Waals surface area (Å²) in [6.45, 7) is 4.29. The second-order valence-electron chi connectivity index (χ2n) is 13.7. The van der Waals surface area contributed by atoms with Gasteiger partial charge in [-0.2, -0.15) is 0 Å². The van der Waals surface area contributed by atoms with Crippen LogP contribution < -0.4 is 5.32 Å². The predicted octanol–water partition coefficient (Wildman–Crippen LogP) is 12.1. The monoisotopic (exact) mass is 634 g/mol. The number of rotatable bonds is 36. The van der Waals surface area contributed by atoms with Gasteiger partial charge < -0.3 is 15.5 Å². The van der Waals surface area contributed by atoms with Gasteiger partial charge in [-0.05, 0) is 32.1 Å². The normalized spacial score (nSPS) is 13.2. The van der Waals surface area contributed by atoms with E-state index in [0.29, 0.717) is 6.42 Å². The Balaban J connectivity index is 3.57. The quantitative estimate of drug-likeness (QED) is 0.0475. The van der Waals surface area contributed by atoms with Gasteiger partial charge in [-0.25, -0.2) is 0 Å². The van der Waals surface area contributed by atoms with Gasteiger partial charge in [0.25, 0.3) is 0 Å². The smallest absolute Gasteiger partial charge is 0.220 e. The molecule has 0 aliphatic rings. The van der Waals surface area contributed by atoms with Crippen LogP contribution in [0.1, 0.15) is 213 Å². The minimum atomic E-state index is -0.856. The van der Waals surface area contributed by atoms with Gasteiger partial charge in [0, 0.05) is 6.42 Å². The molecule has 2 unspecified atom stereocenters. The van der Waals surface area contributed by atoms with Gasteiger partial charge >= 0.3 is 0 Å². The lowest BCUT2D eigenvalue weighted by molar-refractivity contribution is -0.123. The highest BCUT2D eigenvalue weighted by Gasteiger charge is 2.17. The summed E-state index contributed by atoms with van der Waals surface area (Å²) in [4.78, 5) is 12.3. The van der Waals surface area contributed by atoms with Gasteiger partial charge in [-0.1, -0.05) is 199 Å². The number of nitrogens with one attached hydrogen (secondary N) is 1. The van der Waals surface area contributed by atoms with E-state index in [0.717, 1.165) is 32.1 Å². The molecule has 3 N–H and O–H groups in total. The van der Waals surface area contributed by atoms with Crippen molar-refractivity contribution >= 4 is 5.91 Å². The molecule has 0 saturated carbocycles. The van der Waals surface area contributed by atoms with E-state index in [-0.39, 0.29) is 12.5 Å². The Kier molecular flexibility index (Phi) is 36.4. The highest BCUT2D eigenvalue weighted by molar-refractivity contribution is 5.76. The van der Waals surface area contributed by atoms with E-state index in [4.69, 9.17) is 0 Å². The van der Waals surface area contributed by atoms with Crippen molar-refractivity contribution < 1.29 is 15.0 Å². The lowest BCUT2D eigenvalue weighted by atomic mass is 10.0. The minimum absolute atomic E-state index is 0.0720. The fourth-order valence-corrected chi connectivity index (χ4v) is 6.08. The fourth-order valence-electron chi connectivity index (χ4n) is 6.08. The standard InChI is InChI=1S/C41H79NO3/c1-3-5-7-9-11-13-15-17-18-19-20-21-22-23-25-27-29-31-33-35-37-41(45)42-39(38-43)40(44)36-34-32-30-28-26-24-16-14-12-10-8-6-4-2/h26,28,34,36,39-40,43-44H,3-25,27,29-33,35,37-38H2,1-2H3,(H,42,45). The molecule has 0 heterocycles. The Morgan fingerprint density at radius 3 is 1.29 bits per heavy atom. The molecular weight excluding hydrogens is 554 g/mol. The van der Waals surface area contributed by atoms with Crippen LogP contribution in [0.3, 0.4) is 0 Å². The van der Waals surface area contributed by atoms with E-state index in [1.165, 1.54) is 161 Å². The van der Waals surface area contributed by atoms with Gasteiger partial charge in [0.15, 0.2) is 0 Å². The van der Waals surface area contributed by atoms with Crippen LogP contribution in [0, 0.1) is 0 Å². The van der Waals surface area contributed by atoms with Crippen molar-refractivity contribution in [1.29, 1.82) is 0 Å². The van der Waals surface area contributed by atoms with E-state index >= 15 is 0 Å². The maximum Gasteiger partial charge on any atom is 0.220 e. The number of hydrogen-bond acceptors (Lipinski definition) is 3. The first kappa shape index (κ1) is 43.9. The lowest BCUT2D eigenvalue weighted by Crippen LogP contribution is -2.45. The number of aliphatic hydroxyl groups excluding tert-OH is 2. The molecule has 0 aromatic rings. The maximum absolute atomic E-state index is 12.3. The van der Waals surface area contributed by atoms with Gasteiger partial charge in [0.1, 0.15) is 0 Å². The van der Waals surface area contributed by atoms with Crippen LogP contribution in [0.25, 0.3) is 0 Å². The van der Waals surface area contributed by atoms with Crippen molar-refractivity contribution in [1.82, 2.24) is 5.32 Å². The van der Waals surface area contributed by atoms with Crippen LogP contribution in [0.2, 0.25) is 0 Å². The topological polar surface area (TPSA) is 69.6 Å². The third-order valence-electron chi connectivity index (χ3n) is 9.19. The number of unbranched alkanes of at least 4 members (excludes halogenated alkanes) is 27. The van der Waals surface area contributed by atoms with Gasteiger partial charge in [-0.3, -0.25) is 4.79 Å². The molecule has 0 aliphatic carbocycles. The third-order valence-corrected chi connectivity index (χ3v) is 9.19. The molecule has 4 nitrogen and oxygen atoms in total. The molecule has 1 amide bonds. The average molecular weight is 634 g/mol. The van der Waals surface area contributed by atoms with Crippen LogP contribution in [0.4, 0.5) is 0 Å². The first-order valence-corrected chi connectivity index (χ1v) is 20.1. The van der Waals surface area contributed by atoms with Gasteiger partial charge in [0.2, 0.25) is 5.91 Å². The maximum atomic E-state index is 12.3. The van der Waals surface area contributed by atoms with E-state index in [9.17, 15) is 15.0 Å². The predicted molar refractivity (Wildman–Crippen MR) is 198 cm³/mol. The molecule has 45 heavy (non-hydrogen) atoms. The first-order valence-electron chi connectivity index (χ1n) is 20.1. The minimum Gasteiger partial charge on any atom is -0.394 e. The van der Waals surface area contributed by atoms with E-state index in [2.05, 4.69) is 31.3 Å². The Morgan fingerprint density at radius 1 is 0.511 bits per heavy atom. The fraction of sp³-hybridized carbons (Fsp3) is 0.878. The number of allylic oxidation sites excluding steroid dienone is 3. The summed E-state index contributed by atoms with van der Waals surface area (Å²) in [6, 6.07) is -0.633. The molecule has 0 fully saturated rings. The number of carbonyl (C=O) groups is 1. The van der Waals surface area contributed by atoms with Crippen LogP contribution in [-0.2, 0) is 4.79 Å². The summed E-state index contributed by atoms with van der Waals surface area (Å²) in [5.74, 6) is -0.0720. The van der Waals surface area contributed by atoms with Gasteiger partial charge in [-0.15, -0.1) is 0 Å². The Hall–Kier alpha value is -1.13. The van der Waals surface area contributed by atoms with Crippen LogP contribution in [0.5, 0.6) is 0 Å². The van der Waals surface area contributed by atoms with Crippen molar-refractivity contribution in [2.75, 3.05) is 6.61 Å². The van der Waals surface area contributed by atoms with Crippen molar-refractivity contribution in [3.63, 3.8) is 0 Å². The number of aliphatic hydroxyl groups is 2. The summed E-state index contributed by atoms with van der Waals surface area (Å²) in [5, 5.41) is 22.9. The van der Waals surface area contributed by atoms with Crippen molar-refractivity contribution in [3.05, 3.63) is 24.3 Å². The van der Waals surface area contributed by atoms with Crippen LogP contribution in [-0.4, -0.2) is 34.9 Å². The molecule has 0 radical (unpaired) electrons. The van der Waals surface area contributed by atoms with Crippen LogP contribution in [0.15, 0.2) is 24.3 Å². The summed E-state index contributed by atoms with van der Waals surface area (Å²) in [7, 11) is 0. The summed E-state index contributed by atoms with van der Waals surface area (Å²) >= 11 is 0. The highest BCUT2D eigenvalue weighted by Crippen LogP contribution is 2.15. The Morgan fingerprint density at radius 2 is 0.867 bits per heavy atom.